The van der Waals surface area contributed by atoms with Gasteiger partial charge in [-0.2, -0.15) is 0 Å². The number of nitrogens with one attached hydrogen (secondary N) is 1. The van der Waals surface area contributed by atoms with Crippen molar-refractivity contribution in [2.75, 3.05) is 19.8 Å². The van der Waals surface area contributed by atoms with Gasteiger partial charge in [0.2, 0.25) is 0 Å². The number of rotatable bonds is 6. The first-order chi connectivity index (χ1) is 9.55. The lowest BCUT2D eigenvalue weighted by molar-refractivity contribution is -0.191. The molecule has 1 saturated heterocycles. The van der Waals surface area contributed by atoms with E-state index in [1.54, 1.807) is 0 Å². The Kier molecular flexibility index (Phi) is 5.61. The molecule has 1 unspecified atom stereocenters. The van der Waals surface area contributed by atoms with Gasteiger partial charge in [0.05, 0.1) is 13.2 Å². The van der Waals surface area contributed by atoms with E-state index in [9.17, 15) is 0 Å². The summed E-state index contributed by atoms with van der Waals surface area (Å²) in [5, 5.41) is 3.56. The zero-order valence-electron chi connectivity index (χ0n) is 12.5. The third-order valence-corrected chi connectivity index (χ3v) is 4.67. The van der Waals surface area contributed by atoms with Crippen LogP contribution in [0.1, 0.15) is 38.8 Å². The van der Waals surface area contributed by atoms with E-state index in [2.05, 4.69) is 60.2 Å². The molecule has 4 heteroatoms. The molecule has 112 valence electrons. The van der Waals surface area contributed by atoms with Gasteiger partial charge in [-0.3, -0.25) is 0 Å². The van der Waals surface area contributed by atoms with Crippen LogP contribution in [0.2, 0.25) is 0 Å². The zero-order chi connectivity index (χ0) is 14.6. The first-order valence-corrected chi connectivity index (χ1v) is 8.10. The van der Waals surface area contributed by atoms with Crippen molar-refractivity contribution in [2.24, 2.45) is 5.92 Å². The first-order valence-electron chi connectivity index (χ1n) is 7.31. The third kappa shape index (κ3) is 3.61. The lowest BCUT2D eigenvalue weighted by Crippen LogP contribution is -2.39. The topological polar surface area (TPSA) is 30.5 Å². The van der Waals surface area contributed by atoms with Crippen molar-refractivity contribution < 1.29 is 9.47 Å². The smallest absolute Gasteiger partial charge is 0.171 e. The molecule has 0 spiro atoms. The summed E-state index contributed by atoms with van der Waals surface area (Å²) in [5.41, 5.74) is 1.28. The van der Waals surface area contributed by atoms with E-state index in [0.717, 1.165) is 17.4 Å². The van der Waals surface area contributed by atoms with Crippen LogP contribution in [0.25, 0.3) is 0 Å². The average molecular weight is 342 g/mol. The quantitative estimate of drug-likeness (QED) is 0.851. The molecule has 0 aliphatic carbocycles. The van der Waals surface area contributed by atoms with Gasteiger partial charge in [0, 0.05) is 29.4 Å². The fourth-order valence-electron chi connectivity index (χ4n) is 2.64. The Morgan fingerprint density at radius 1 is 1.20 bits per heavy atom. The molecule has 1 N–H and O–H groups in total. The second-order valence-corrected chi connectivity index (χ2v) is 6.47. The zero-order valence-corrected chi connectivity index (χ0v) is 14.1. The van der Waals surface area contributed by atoms with Gasteiger partial charge in [-0.15, -0.1) is 0 Å². The molecule has 2 rings (SSSR count). The van der Waals surface area contributed by atoms with Crippen LogP contribution in [-0.4, -0.2) is 25.5 Å². The van der Waals surface area contributed by atoms with Crippen LogP contribution < -0.4 is 5.32 Å². The Bertz CT molecular complexity index is 430. The molecule has 1 aromatic carbocycles. The highest BCUT2D eigenvalue weighted by Gasteiger charge is 2.39. The van der Waals surface area contributed by atoms with Crippen LogP contribution in [0.15, 0.2) is 28.7 Å². The van der Waals surface area contributed by atoms with Crippen molar-refractivity contribution in [3.63, 3.8) is 0 Å². The van der Waals surface area contributed by atoms with Gasteiger partial charge in [0.15, 0.2) is 5.79 Å². The van der Waals surface area contributed by atoms with Crippen LogP contribution in [0.4, 0.5) is 0 Å². The van der Waals surface area contributed by atoms with Crippen molar-refractivity contribution in [1.82, 2.24) is 5.32 Å². The molecule has 1 aromatic rings. The maximum atomic E-state index is 5.84. The summed E-state index contributed by atoms with van der Waals surface area (Å²) in [5.74, 6) is -0.0359. The maximum absolute atomic E-state index is 5.84. The van der Waals surface area contributed by atoms with Gasteiger partial charge < -0.3 is 14.8 Å². The monoisotopic (exact) mass is 341 g/mol. The van der Waals surface area contributed by atoms with Crippen molar-refractivity contribution in [2.45, 2.75) is 39.0 Å². The van der Waals surface area contributed by atoms with Crippen molar-refractivity contribution >= 4 is 15.9 Å². The summed E-state index contributed by atoms with van der Waals surface area (Å²) in [6.45, 7) is 8.78. The van der Waals surface area contributed by atoms with E-state index >= 15 is 0 Å². The number of hydrogen-bond acceptors (Lipinski definition) is 3. The Balaban J connectivity index is 1.88. The summed E-state index contributed by atoms with van der Waals surface area (Å²) < 4.78 is 12.8. The van der Waals surface area contributed by atoms with E-state index in [4.69, 9.17) is 9.47 Å². The molecular formula is C16H24BrNO2. The van der Waals surface area contributed by atoms with Crippen molar-refractivity contribution in [1.29, 1.82) is 0 Å². The minimum atomic E-state index is -0.402. The molecule has 3 nitrogen and oxygen atoms in total. The Morgan fingerprint density at radius 3 is 2.45 bits per heavy atom. The van der Waals surface area contributed by atoms with Crippen molar-refractivity contribution in [3.8, 4) is 0 Å². The van der Waals surface area contributed by atoms with Gasteiger partial charge in [0.25, 0.3) is 0 Å². The normalized spacial score (nSPS) is 19.4. The standard InChI is InChI=1S/C16H24BrNO2/c1-12(2)16(19-10-11-20-16)8-9-18-13(3)14-6-4-5-7-15(14)17/h4-7,12-13,18H,8-11H2,1-3H3. The van der Waals surface area contributed by atoms with Crippen LogP contribution in [0.3, 0.4) is 0 Å². The largest absolute Gasteiger partial charge is 0.347 e. The van der Waals surface area contributed by atoms with Gasteiger partial charge in [-0.25, -0.2) is 0 Å². The lowest BCUT2D eigenvalue weighted by atomic mass is 9.99. The van der Waals surface area contributed by atoms with Crippen LogP contribution in [0, 0.1) is 5.92 Å². The molecule has 1 aliphatic rings. The molecule has 0 saturated carbocycles. The minimum Gasteiger partial charge on any atom is -0.347 e. The highest BCUT2D eigenvalue weighted by molar-refractivity contribution is 9.10. The number of halogens is 1. The van der Waals surface area contributed by atoms with Gasteiger partial charge in [-0.05, 0) is 18.6 Å². The number of ether oxygens (including phenoxy) is 2. The highest BCUT2D eigenvalue weighted by Crippen LogP contribution is 2.31. The third-order valence-electron chi connectivity index (χ3n) is 3.95. The molecule has 0 amide bonds. The van der Waals surface area contributed by atoms with Gasteiger partial charge in [0.1, 0.15) is 0 Å². The van der Waals surface area contributed by atoms with Crippen molar-refractivity contribution in [3.05, 3.63) is 34.3 Å². The van der Waals surface area contributed by atoms with Crippen LogP contribution in [-0.2, 0) is 9.47 Å². The molecule has 20 heavy (non-hydrogen) atoms. The van der Waals surface area contributed by atoms with E-state index in [1.807, 2.05) is 6.07 Å². The fourth-order valence-corrected chi connectivity index (χ4v) is 3.26. The molecule has 0 aromatic heterocycles. The highest BCUT2D eigenvalue weighted by atomic mass is 79.9. The summed E-state index contributed by atoms with van der Waals surface area (Å²) in [6, 6.07) is 8.62. The average Bonchev–Trinajstić information content (AvgIpc) is 2.89. The fraction of sp³-hybridized carbons (Fsp3) is 0.625. The molecule has 1 aliphatic heterocycles. The predicted molar refractivity (Wildman–Crippen MR) is 84.6 cm³/mol. The SMILES string of the molecule is CC(NCCC1(C(C)C)OCCO1)c1ccccc1Br. The summed E-state index contributed by atoms with van der Waals surface area (Å²) in [6.07, 6.45) is 0.874. The Hall–Kier alpha value is -0.420. The van der Waals surface area contributed by atoms with Crippen LogP contribution in [0.5, 0.6) is 0 Å². The minimum absolute atomic E-state index is 0.302. The predicted octanol–water partition coefficient (Wildman–Crippen LogP) is 3.89. The molecule has 1 heterocycles. The maximum Gasteiger partial charge on any atom is 0.171 e. The molecule has 0 bridgehead atoms. The van der Waals surface area contributed by atoms with Crippen LogP contribution >= 0.6 is 15.9 Å². The van der Waals surface area contributed by atoms with E-state index < -0.39 is 5.79 Å². The molecule has 1 fully saturated rings. The molecule has 1 atom stereocenters. The molecule has 0 radical (unpaired) electrons. The first kappa shape index (κ1) is 16.0. The second-order valence-electron chi connectivity index (χ2n) is 5.61. The summed E-state index contributed by atoms with van der Waals surface area (Å²) in [4.78, 5) is 0. The van der Waals surface area contributed by atoms with Gasteiger partial charge >= 0.3 is 0 Å². The lowest BCUT2D eigenvalue weighted by Gasteiger charge is -2.32. The van der Waals surface area contributed by atoms with E-state index in [0.29, 0.717) is 25.2 Å². The van der Waals surface area contributed by atoms with Gasteiger partial charge in [-0.1, -0.05) is 48.0 Å². The Morgan fingerprint density at radius 2 is 1.85 bits per heavy atom. The number of benzene rings is 1. The Labute approximate surface area is 130 Å². The van der Waals surface area contributed by atoms with E-state index in [1.165, 1.54) is 5.56 Å². The number of hydrogen-bond donors (Lipinski definition) is 1. The summed E-state index contributed by atoms with van der Waals surface area (Å²) in [7, 11) is 0. The summed E-state index contributed by atoms with van der Waals surface area (Å²) >= 11 is 3.60. The van der Waals surface area contributed by atoms with E-state index in [-0.39, 0.29) is 0 Å². The molecular weight excluding hydrogens is 318 g/mol. The second kappa shape index (κ2) is 7.03.